The van der Waals surface area contributed by atoms with Gasteiger partial charge in [0.15, 0.2) is 9.84 Å². The molecule has 3 atom stereocenters. The molecule has 0 aromatic carbocycles. The predicted octanol–water partition coefficient (Wildman–Crippen LogP) is 0.380. The van der Waals surface area contributed by atoms with Gasteiger partial charge in [0.1, 0.15) is 0 Å². The molecule has 20 heavy (non-hydrogen) atoms. The number of carbonyl (C=O) groups is 2. The smallest absolute Gasteiger partial charge is 0.307 e. The molecule has 7 heteroatoms. The first kappa shape index (κ1) is 15.3. The van der Waals surface area contributed by atoms with Gasteiger partial charge in [0.05, 0.1) is 23.3 Å². The van der Waals surface area contributed by atoms with E-state index in [9.17, 15) is 23.1 Å². The molecule has 1 saturated heterocycles. The van der Waals surface area contributed by atoms with Gasteiger partial charge < -0.3 is 10.0 Å². The largest absolute Gasteiger partial charge is 0.481 e. The third kappa shape index (κ3) is 3.13. The summed E-state index contributed by atoms with van der Waals surface area (Å²) in [6, 6.07) is 0. The standard InChI is InChI=1S/C13H21NO5S/c1-2-9-7-10(11(8-9)13(16)17)12(15)14-3-5-20(18,19)6-4-14/h9-11H,2-8H2,1H3,(H,16,17)/t9?,10-,11+/m0/s1. The summed E-state index contributed by atoms with van der Waals surface area (Å²) in [5.41, 5.74) is 0. The fourth-order valence-electron chi connectivity index (χ4n) is 3.19. The Bertz CT molecular complexity index is 487. The maximum atomic E-state index is 12.5. The topological polar surface area (TPSA) is 91.8 Å². The number of carbonyl (C=O) groups excluding carboxylic acids is 1. The molecule has 0 spiro atoms. The monoisotopic (exact) mass is 303 g/mol. The molecule has 0 radical (unpaired) electrons. The van der Waals surface area contributed by atoms with Gasteiger partial charge in [-0.1, -0.05) is 13.3 Å². The maximum Gasteiger partial charge on any atom is 0.307 e. The first-order valence-electron chi connectivity index (χ1n) is 7.06. The highest BCUT2D eigenvalue weighted by Gasteiger charge is 2.44. The quantitative estimate of drug-likeness (QED) is 0.814. The Kier molecular flexibility index (Phi) is 4.36. The van der Waals surface area contributed by atoms with Crippen molar-refractivity contribution in [3.05, 3.63) is 0 Å². The van der Waals surface area contributed by atoms with Crippen molar-refractivity contribution in [2.75, 3.05) is 24.6 Å². The number of amides is 1. The number of rotatable bonds is 3. The summed E-state index contributed by atoms with van der Waals surface area (Å²) in [5, 5.41) is 9.26. The average Bonchev–Trinajstić information content (AvgIpc) is 2.82. The normalized spacial score (nSPS) is 33.0. The van der Waals surface area contributed by atoms with Crippen LogP contribution in [0.5, 0.6) is 0 Å². The molecule has 1 aliphatic carbocycles. The van der Waals surface area contributed by atoms with Crippen molar-refractivity contribution in [2.45, 2.75) is 26.2 Å². The van der Waals surface area contributed by atoms with Gasteiger partial charge in [-0.25, -0.2) is 8.42 Å². The lowest BCUT2D eigenvalue weighted by atomic mass is 9.94. The Morgan fingerprint density at radius 3 is 2.20 bits per heavy atom. The molecule has 114 valence electrons. The van der Waals surface area contributed by atoms with Gasteiger partial charge in [-0.05, 0) is 18.8 Å². The molecule has 0 bridgehead atoms. The van der Waals surface area contributed by atoms with Crippen LogP contribution in [-0.2, 0) is 19.4 Å². The van der Waals surface area contributed by atoms with Crippen LogP contribution in [0.25, 0.3) is 0 Å². The minimum Gasteiger partial charge on any atom is -0.481 e. The molecular formula is C13H21NO5S. The summed E-state index contributed by atoms with van der Waals surface area (Å²) in [5.74, 6) is -1.95. The van der Waals surface area contributed by atoms with Crippen LogP contribution in [0.4, 0.5) is 0 Å². The molecule has 2 aliphatic rings. The molecular weight excluding hydrogens is 282 g/mol. The number of nitrogens with zero attached hydrogens (tertiary/aromatic N) is 1. The van der Waals surface area contributed by atoms with Gasteiger partial charge >= 0.3 is 5.97 Å². The first-order valence-corrected chi connectivity index (χ1v) is 8.88. The molecule has 1 unspecified atom stereocenters. The number of carboxylic acid groups (broad SMARTS) is 1. The zero-order valence-corrected chi connectivity index (χ0v) is 12.4. The van der Waals surface area contributed by atoms with E-state index in [1.54, 1.807) is 0 Å². The van der Waals surface area contributed by atoms with Gasteiger partial charge in [0, 0.05) is 13.1 Å². The van der Waals surface area contributed by atoms with Gasteiger partial charge in [-0.3, -0.25) is 9.59 Å². The van der Waals surface area contributed by atoms with Crippen LogP contribution in [0.15, 0.2) is 0 Å². The predicted molar refractivity (Wildman–Crippen MR) is 72.9 cm³/mol. The van der Waals surface area contributed by atoms with Crippen LogP contribution in [0.1, 0.15) is 26.2 Å². The Balaban J connectivity index is 2.06. The number of carboxylic acids is 1. The second kappa shape index (κ2) is 5.71. The fraction of sp³-hybridized carbons (Fsp3) is 0.846. The van der Waals surface area contributed by atoms with Gasteiger partial charge in [0.2, 0.25) is 5.91 Å². The van der Waals surface area contributed by atoms with Crippen LogP contribution in [0, 0.1) is 17.8 Å². The van der Waals surface area contributed by atoms with Crippen molar-refractivity contribution < 1.29 is 23.1 Å². The molecule has 2 rings (SSSR count). The van der Waals surface area contributed by atoms with Crippen molar-refractivity contribution in [3.8, 4) is 0 Å². The van der Waals surface area contributed by atoms with E-state index in [1.165, 1.54) is 4.90 Å². The SMILES string of the molecule is CCC1C[C@H](C(=O)N2CCS(=O)(=O)CC2)[C@H](C(=O)O)C1. The second-order valence-corrected chi connectivity index (χ2v) is 8.08. The van der Waals surface area contributed by atoms with Crippen molar-refractivity contribution in [1.29, 1.82) is 0 Å². The first-order chi connectivity index (χ1) is 9.34. The van der Waals surface area contributed by atoms with Crippen LogP contribution in [0.2, 0.25) is 0 Å². The van der Waals surface area contributed by atoms with Crippen molar-refractivity contribution in [2.24, 2.45) is 17.8 Å². The third-order valence-electron chi connectivity index (χ3n) is 4.53. The molecule has 6 nitrogen and oxygen atoms in total. The summed E-state index contributed by atoms with van der Waals surface area (Å²) in [4.78, 5) is 25.3. The van der Waals surface area contributed by atoms with Crippen LogP contribution >= 0.6 is 0 Å². The van der Waals surface area contributed by atoms with E-state index < -0.39 is 27.6 Å². The molecule has 0 aromatic rings. The van der Waals surface area contributed by atoms with E-state index in [-0.39, 0.29) is 36.4 Å². The van der Waals surface area contributed by atoms with Crippen molar-refractivity contribution >= 4 is 21.7 Å². The summed E-state index contributed by atoms with van der Waals surface area (Å²) in [7, 11) is -3.03. The number of hydrogen-bond donors (Lipinski definition) is 1. The van der Waals surface area contributed by atoms with E-state index in [2.05, 4.69) is 0 Å². The van der Waals surface area contributed by atoms with E-state index in [0.29, 0.717) is 12.8 Å². The number of aliphatic carboxylic acids is 1. The Labute approximate surface area is 119 Å². The maximum absolute atomic E-state index is 12.5. The lowest BCUT2D eigenvalue weighted by molar-refractivity contribution is -0.149. The Hall–Kier alpha value is -1.11. The molecule has 0 aromatic heterocycles. The lowest BCUT2D eigenvalue weighted by Crippen LogP contribution is -2.47. The molecule has 1 N–H and O–H groups in total. The highest BCUT2D eigenvalue weighted by atomic mass is 32.2. The van der Waals surface area contributed by atoms with Crippen molar-refractivity contribution in [1.82, 2.24) is 4.90 Å². The molecule has 1 heterocycles. The van der Waals surface area contributed by atoms with E-state index in [0.717, 1.165) is 6.42 Å². The Morgan fingerprint density at radius 1 is 1.15 bits per heavy atom. The average molecular weight is 303 g/mol. The van der Waals surface area contributed by atoms with E-state index in [1.807, 2.05) is 6.92 Å². The summed E-state index contributed by atoms with van der Waals surface area (Å²) in [6.45, 7) is 2.39. The van der Waals surface area contributed by atoms with Crippen LogP contribution < -0.4 is 0 Å². The molecule has 1 saturated carbocycles. The van der Waals surface area contributed by atoms with Crippen LogP contribution in [-0.4, -0.2) is 54.9 Å². The summed E-state index contributed by atoms with van der Waals surface area (Å²) < 4.78 is 22.8. The molecule has 2 fully saturated rings. The van der Waals surface area contributed by atoms with E-state index >= 15 is 0 Å². The van der Waals surface area contributed by atoms with Crippen molar-refractivity contribution in [3.63, 3.8) is 0 Å². The number of sulfone groups is 1. The minimum absolute atomic E-state index is 0.0135. The summed E-state index contributed by atoms with van der Waals surface area (Å²) in [6.07, 6.45) is 2.03. The fourth-order valence-corrected chi connectivity index (χ4v) is 4.39. The third-order valence-corrected chi connectivity index (χ3v) is 6.14. The summed E-state index contributed by atoms with van der Waals surface area (Å²) >= 11 is 0. The zero-order chi connectivity index (χ0) is 14.9. The number of hydrogen-bond acceptors (Lipinski definition) is 4. The van der Waals surface area contributed by atoms with Gasteiger partial charge in [-0.15, -0.1) is 0 Å². The second-order valence-electron chi connectivity index (χ2n) is 5.77. The minimum atomic E-state index is -3.03. The van der Waals surface area contributed by atoms with Gasteiger partial charge in [-0.2, -0.15) is 0 Å². The highest BCUT2D eigenvalue weighted by Crippen LogP contribution is 2.39. The van der Waals surface area contributed by atoms with Crippen LogP contribution in [0.3, 0.4) is 0 Å². The lowest BCUT2D eigenvalue weighted by Gasteiger charge is -2.30. The molecule has 1 amide bonds. The molecule has 1 aliphatic heterocycles. The zero-order valence-electron chi connectivity index (χ0n) is 11.6. The highest BCUT2D eigenvalue weighted by molar-refractivity contribution is 7.91. The van der Waals surface area contributed by atoms with E-state index in [4.69, 9.17) is 0 Å². The Morgan fingerprint density at radius 2 is 1.70 bits per heavy atom. The van der Waals surface area contributed by atoms with Gasteiger partial charge in [0.25, 0.3) is 0 Å².